The number of ether oxygens (including phenoxy) is 2. The van der Waals surface area contributed by atoms with Gasteiger partial charge in [0.05, 0.1) is 21.3 Å². The highest BCUT2D eigenvalue weighted by molar-refractivity contribution is 9.10. The SMILES string of the molecule is Cc1noc(C)c1COc1ccc(C(=O)Oc2ccc(F)cc2Br)cc1. The van der Waals surface area contributed by atoms with E-state index in [1.807, 2.05) is 13.8 Å². The van der Waals surface area contributed by atoms with Crippen molar-refractivity contribution in [2.45, 2.75) is 20.5 Å². The van der Waals surface area contributed by atoms with E-state index in [2.05, 4.69) is 21.1 Å². The minimum atomic E-state index is -0.547. The van der Waals surface area contributed by atoms with E-state index in [0.717, 1.165) is 11.3 Å². The summed E-state index contributed by atoms with van der Waals surface area (Å²) in [6.07, 6.45) is 0. The largest absolute Gasteiger partial charge is 0.489 e. The second kappa shape index (κ2) is 7.70. The van der Waals surface area contributed by atoms with Crippen molar-refractivity contribution in [3.63, 3.8) is 0 Å². The van der Waals surface area contributed by atoms with Crippen LogP contribution in [0.1, 0.15) is 27.4 Å². The first-order valence-electron chi connectivity index (χ1n) is 7.76. The van der Waals surface area contributed by atoms with Crippen LogP contribution in [-0.2, 0) is 6.61 Å². The number of rotatable bonds is 5. The average molecular weight is 420 g/mol. The Morgan fingerprint density at radius 1 is 1.19 bits per heavy atom. The normalized spacial score (nSPS) is 10.6. The molecule has 3 rings (SSSR count). The van der Waals surface area contributed by atoms with Crippen LogP contribution >= 0.6 is 15.9 Å². The van der Waals surface area contributed by atoms with E-state index in [1.54, 1.807) is 24.3 Å². The van der Waals surface area contributed by atoms with E-state index in [-0.39, 0.29) is 5.75 Å². The highest BCUT2D eigenvalue weighted by atomic mass is 79.9. The lowest BCUT2D eigenvalue weighted by molar-refractivity contribution is 0.0733. The van der Waals surface area contributed by atoms with Crippen LogP contribution in [0.2, 0.25) is 0 Å². The Morgan fingerprint density at radius 3 is 2.54 bits per heavy atom. The summed E-state index contributed by atoms with van der Waals surface area (Å²) >= 11 is 3.16. The monoisotopic (exact) mass is 419 g/mol. The maximum Gasteiger partial charge on any atom is 0.343 e. The maximum atomic E-state index is 13.1. The van der Waals surface area contributed by atoms with Gasteiger partial charge in [0, 0.05) is 0 Å². The quantitative estimate of drug-likeness (QED) is 0.430. The van der Waals surface area contributed by atoms with Crippen LogP contribution in [0.4, 0.5) is 4.39 Å². The molecule has 0 spiro atoms. The molecule has 0 amide bonds. The first-order valence-corrected chi connectivity index (χ1v) is 8.55. The molecule has 134 valence electrons. The topological polar surface area (TPSA) is 61.6 Å². The molecule has 0 unspecified atom stereocenters. The highest BCUT2D eigenvalue weighted by Crippen LogP contribution is 2.26. The molecule has 0 saturated carbocycles. The van der Waals surface area contributed by atoms with Crippen LogP contribution < -0.4 is 9.47 Å². The smallest absolute Gasteiger partial charge is 0.343 e. The van der Waals surface area contributed by atoms with Gasteiger partial charge >= 0.3 is 5.97 Å². The molecule has 0 atom stereocenters. The molecule has 7 heteroatoms. The maximum absolute atomic E-state index is 13.1. The molecule has 0 bridgehead atoms. The zero-order valence-corrected chi connectivity index (χ0v) is 15.7. The van der Waals surface area contributed by atoms with Gasteiger partial charge in [0.15, 0.2) is 0 Å². The van der Waals surface area contributed by atoms with Gasteiger partial charge in [-0.05, 0) is 72.2 Å². The summed E-state index contributed by atoms with van der Waals surface area (Å²) in [4.78, 5) is 12.2. The second-order valence-corrected chi connectivity index (χ2v) is 6.43. The van der Waals surface area contributed by atoms with Crippen molar-refractivity contribution < 1.29 is 23.2 Å². The molecular formula is C19H15BrFNO4. The molecule has 2 aromatic carbocycles. The summed E-state index contributed by atoms with van der Waals surface area (Å²) < 4.78 is 29.5. The molecular weight excluding hydrogens is 405 g/mol. The Hall–Kier alpha value is -2.67. The van der Waals surface area contributed by atoms with Gasteiger partial charge in [0.2, 0.25) is 0 Å². The molecule has 0 radical (unpaired) electrons. The van der Waals surface area contributed by atoms with Crippen molar-refractivity contribution in [3.05, 3.63) is 75.3 Å². The lowest BCUT2D eigenvalue weighted by Gasteiger charge is -2.08. The zero-order valence-electron chi connectivity index (χ0n) is 14.1. The van der Waals surface area contributed by atoms with E-state index in [1.165, 1.54) is 18.2 Å². The van der Waals surface area contributed by atoms with Gasteiger partial charge in [-0.2, -0.15) is 0 Å². The summed E-state index contributed by atoms with van der Waals surface area (Å²) in [5.74, 6) is 0.596. The molecule has 0 saturated heterocycles. The molecule has 1 aromatic heterocycles. The number of aromatic nitrogens is 1. The van der Waals surface area contributed by atoms with Crippen LogP contribution in [0.3, 0.4) is 0 Å². The van der Waals surface area contributed by atoms with Crippen LogP contribution in [0.5, 0.6) is 11.5 Å². The van der Waals surface area contributed by atoms with Crippen LogP contribution in [0, 0.1) is 19.7 Å². The van der Waals surface area contributed by atoms with E-state index < -0.39 is 11.8 Å². The van der Waals surface area contributed by atoms with Gasteiger partial charge in [-0.1, -0.05) is 5.16 Å². The number of carbonyl (C=O) groups excluding carboxylic acids is 1. The van der Waals surface area contributed by atoms with Crippen molar-refractivity contribution in [1.29, 1.82) is 0 Å². The van der Waals surface area contributed by atoms with E-state index in [9.17, 15) is 9.18 Å². The summed E-state index contributed by atoms with van der Waals surface area (Å²) in [6.45, 7) is 4.00. The predicted molar refractivity (Wildman–Crippen MR) is 95.8 cm³/mol. The zero-order chi connectivity index (χ0) is 18.7. The molecule has 0 N–H and O–H groups in total. The lowest BCUT2D eigenvalue weighted by Crippen LogP contribution is -2.09. The number of carbonyl (C=O) groups is 1. The van der Waals surface area contributed by atoms with E-state index >= 15 is 0 Å². The standard InChI is InChI=1S/C19H15BrFNO4/c1-11-16(12(2)26-22-11)10-24-15-6-3-13(4-7-15)19(23)25-18-8-5-14(21)9-17(18)20/h3-9H,10H2,1-2H3. The van der Waals surface area contributed by atoms with Gasteiger partial charge in [-0.15, -0.1) is 0 Å². The Morgan fingerprint density at radius 2 is 1.92 bits per heavy atom. The third-order valence-corrected chi connectivity index (χ3v) is 4.37. The highest BCUT2D eigenvalue weighted by Gasteiger charge is 2.13. The van der Waals surface area contributed by atoms with Crippen molar-refractivity contribution in [3.8, 4) is 11.5 Å². The third kappa shape index (κ3) is 4.11. The Kier molecular flexibility index (Phi) is 5.37. The number of hydrogen-bond acceptors (Lipinski definition) is 5. The number of nitrogens with zero attached hydrogens (tertiary/aromatic N) is 1. The van der Waals surface area contributed by atoms with Crippen molar-refractivity contribution in [1.82, 2.24) is 5.16 Å². The van der Waals surface area contributed by atoms with Crippen molar-refractivity contribution >= 4 is 21.9 Å². The predicted octanol–water partition coefficient (Wildman–Crippen LogP) is 4.99. The van der Waals surface area contributed by atoms with Crippen LogP contribution in [0.25, 0.3) is 0 Å². The number of halogens is 2. The molecule has 0 aliphatic rings. The van der Waals surface area contributed by atoms with Crippen LogP contribution in [0.15, 0.2) is 51.5 Å². The summed E-state index contributed by atoms with van der Waals surface area (Å²) in [7, 11) is 0. The molecule has 1 heterocycles. The van der Waals surface area contributed by atoms with E-state index in [4.69, 9.17) is 14.0 Å². The third-order valence-electron chi connectivity index (χ3n) is 3.75. The molecule has 0 aliphatic heterocycles. The minimum Gasteiger partial charge on any atom is -0.489 e. The van der Waals surface area contributed by atoms with Crippen molar-refractivity contribution in [2.24, 2.45) is 0 Å². The fourth-order valence-electron chi connectivity index (χ4n) is 2.27. The van der Waals surface area contributed by atoms with Crippen LogP contribution in [-0.4, -0.2) is 11.1 Å². The molecule has 0 fully saturated rings. The summed E-state index contributed by atoms with van der Waals surface area (Å²) in [5, 5.41) is 3.87. The average Bonchev–Trinajstić information content (AvgIpc) is 2.94. The first kappa shape index (κ1) is 18.1. The lowest BCUT2D eigenvalue weighted by atomic mass is 10.2. The minimum absolute atomic E-state index is 0.245. The molecule has 26 heavy (non-hydrogen) atoms. The Balaban J connectivity index is 1.64. The number of hydrogen-bond donors (Lipinski definition) is 0. The Labute approximate surface area is 157 Å². The Bertz CT molecular complexity index is 918. The van der Waals surface area contributed by atoms with Crippen molar-refractivity contribution in [2.75, 3.05) is 0 Å². The summed E-state index contributed by atoms with van der Waals surface area (Å²) in [6, 6.07) is 10.4. The van der Waals surface area contributed by atoms with Gasteiger partial charge in [-0.3, -0.25) is 0 Å². The fraction of sp³-hybridized carbons (Fsp3) is 0.158. The van der Waals surface area contributed by atoms with Gasteiger partial charge in [0.25, 0.3) is 0 Å². The fourth-order valence-corrected chi connectivity index (χ4v) is 2.70. The van der Waals surface area contributed by atoms with E-state index in [0.29, 0.717) is 28.2 Å². The number of esters is 1. The van der Waals surface area contributed by atoms with Gasteiger partial charge in [0.1, 0.15) is 29.7 Å². The van der Waals surface area contributed by atoms with Gasteiger partial charge < -0.3 is 14.0 Å². The molecule has 3 aromatic rings. The molecule has 5 nitrogen and oxygen atoms in total. The van der Waals surface area contributed by atoms with Gasteiger partial charge in [-0.25, -0.2) is 9.18 Å². The number of aryl methyl sites for hydroxylation is 2. The number of benzene rings is 2. The molecule has 0 aliphatic carbocycles. The first-order chi connectivity index (χ1) is 12.4. The summed E-state index contributed by atoms with van der Waals surface area (Å²) in [5.41, 5.74) is 2.04. The second-order valence-electron chi connectivity index (χ2n) is 5.58.